The van der Waals surface area contributed by atoms with Gasteiger partial charge in [-0.25, -0.2) is 0 Å². The van der Waals surface area contributed by atoms with Crippen LogP contribution >= 0.6 is 0 Å². The molecular formula is C13H18N2O. The molecule has 2 unspecified atom stereocenters. The molecule has 86 valence electrons. The topological polar surface area (TPSA) is 46.3 Å². The number of amides is 1. The minimum absolute atomic E-state index is 0.0680. The van der Waals surface area contributed by atoms with E-state index in [9.17, 15) is 4.79 Å². The summed E-state index contributed by atoms with van der Waals surface area (Å²) < 4.78 is 0. The second-order valence-electron chi connectivity index (χ2n) is 4.47. The van der Waals surface area contributed by atoms with Crippen LogP contribution < -0.4 is 5.73 Å². The molecule has 1 saturated heterocycles. The van der Waals surface area contributed by atoms with Crippen LogP contribution in [0.2, 0.25) is 0 Å². The third-order valence-corrected chi connectivity index (χ3v) is 3.16. The highest BCUT2D eigenvalue weighted by Gasteiger charge is 2.28. The van der Waals surface area contributed by atoms with Crippen molar-refractivity contribution in [3.63, 3.8) is 0 Å². The van der Waals surface area contributed by atoms with Crippen LogP contribution in [0.1, 0.15) is 24.8 Å². The van der Waals surface area contributed by atoms with Crippen LogP contribution in [-0.2, 0) is 4.79 Å². The van der Waals surface area contributed by atoms with Crippen molar-refractivity contribution in [3.05, 3.63) is 35.9 Å². The number of nitrogens with zero attached hydrogens (tertiary/aromatic N) is 1. The first kappa shape index (κ1) is 11.1. The monoisotopic (exact) mass is 218 g/mol. The van der Waals surface area contributed by atoms with Crippen molar-refractivity contribution in [2.75, 3.05) is 13.1 Å². The summed E-state index contributed by atoms with van der Waals surface area (Å²) in [6.07, 6.45) is 1.04. The highest BCUT2D eigenvalue weighted by Crippen LogP contribution is 2.26. The van der Waals surface area contributed by atoms with Gasteiger partial charge < -0.3 is 10.6 Å². The molecule has 0 aromatic heterocycles. The van der Waals surface area contributed by atoms with E-state index in [4.69, 9.17) is 5.73 Å². The number of nitrogens with two attached hydrogens (primary N) is 1. The average molecular weight is 218 g/mol. The van der Waals surface area contributed by atoms with Gasteiger partial charge in [0.2, 0.25) is 5.91 Å². The number of hydrogen-bond acceptors (Lipinski definition) is 2. The Balaban J connectivity index is 2.01. The normalized spacial score (nSPS) is 22.1. The fourth-order valence-corrected chi connectivity index (χ4v) is 2.25. The Morgan fingerprint density at radius 2 is 2.12 bits per heavy atom. The molecule has 0 bridgehead atoms. The van der Waals surface area contributed by atoms with Gasteiger partial charge in [0.1, 0.15) is 0 Å². The highest BCUT2D eigenvalue weighted by atomic mass is 16.2. The van der Waals surface area contributed by atoms with Gasteiger partial charge in [0.15, 0.2) is 0 Å². The zero-order valence-corrected chi connectivity index (χ0v) is 9.60. The molecule has 1 aromatic carbocycles. The van der Waals surface area contributed by atoms with Crippen molar-refractivity contribution >= 4 is 5.91 Å². The number of hydrogen-bond donors (Lipinski definition) is 1. The maximum atomic E-state index is 11.7. The van der Waals surface area contributed by atoms with Gasteiger partial charge in [-0.2, -0.15) is 0 Å². The summed E-state index contributed by atoms with van der Waals surface area (Å²) >= 11 is 0. The molecule has 1 amide bonds. The molecule has 0 radical (unpaired) electrons. The zero-order valence-electron chi connectivity index (χ0n) is 9.60. The van der Waals surface area contributed by atoms with Gasteiger partial charge in [-0.3, -0.25) is 4.79 Å². The molecule has 1 aromatic rings. The van der Waals surface area contributed by atoms with Gasteiger partial charge in [0.25, 0.3) is 0 Å². The van der Waals surface area contributed by atoms with Gasteiger partial charge in [-0.15, -0.1) is 0 Å². The van der Waals surface area contributed by atoms with Crippen molar-refractivity contribution in [3.8, 4) is 0 Å². The maximum Gasteiger partial charge on any atom is 0.239 e. The lowest BCUT2D eigenvalue weighted by Crippen LogP contribution is -2.40. The second-order valence-corrected chi connectivity index (χ2v) is 4.47. The van der Waals surface area contributed by atoms with E-state index in [1.807, 2.05) is 23.1 Å². The van der Waals surface area contributed by atoms with Crippen LogP contribution in [0.25, 0.3) is 0 Å². The van der Waals surface area contributed by atoms with Crippen LogP contribution in [0.4, 0.5) is 0 Å². The molecule has 3 nitrogen and oxygen atoms in total. The van der Waals surface area contributed by atoms with Gasteiger partial charge in [-0.05, 0) is 18.9 Å². The van der Waals surface area contributed by atoms with Crippen LogP contribution in [0.3, 0.4) is 0 Å². The maximum absolute atomic E-state index is 11.7. The Kier molecular flexibility index (Phi) is 3.25. The third-order valence-electron chi connectivity index (χ3n) is 3.16. The van der Waals surface area contributed by atoms with E-state index >= 15 is 0 Å². The smallest absolute Gasteiger partial charge is 0.239 e. The molecule has 2 N–H and O–H groups in total. The number of rotatable bonds is 2. The number of likely N-dealkylation sites (tertiary alicyclic amines) is 1. The highest BCUT2D eigenvalue weighted by molar-refractivity contribution is 5.81. The van der Waals surface area contributed by atoms with Crippen LogP contribution in [-0.4, -0.2) is 29.9 Å². The summed E-state index contributed by atoms with van der Waals surface area (Å²) in [7, 11) is 0. The van der Waals surface area contributed by atoms with E-state index in [0.29, 0.717) is 5.92 Å². The van der Waals surface area contributed by atoms with Crippen molar-refractivity contribution in [1.29, 1.82) is 0 Å². The van der Waals surface area contributed by atoms with E-state index in [0.717, 1.165) is 19.5 Å². The first-order valence-electron chi connectivity index (χ1n) is 5.78. The lowest BCUT2D eigenvalue weighted by Gasteiger charge is -2.18. The Bertz CT molecular complexity index is 361. The Labute approximate surface area is 96.2 Å². The molecule has 1 heterocycles. The fraction of sp³-hybridized carbons (Fsp3) is 0.462. The van der Waals surface area contributed by atoms with Crippen LogP contribution in [0.5, 0.6) is 0 Å². The average Bonchev–Trinajstić information content (AvgIpc) is 2.78. The SMILES string of the molecule is CC(N)C(=O)N1CCC(c2ccccc2)C1. The lowest BCUT2D eigenvalue weighted by atomic mass is 9.99. The van der Waals surface area contributed by atoms with E-state index in [2.05, 4.69) is 12.1 Å². The van der Waals surface area contributed by atoms with Crippen molar-refractivity contribution in [2.45, 2.75) is 25.3 Å². The van der Waals surface area contributed by atoms with Gasteiger partial charge >= 0.3 is 0 Å². The standard InChI is InChI=1S/C13H18N2O/c1-10(14)13(16)15-8-7-12(9-15)11-5-3-2-4-6-11/h2-6,10,12H,7-9,14H2,1H3. The van der Waals surface area contributed by atoms with Crippen molar-refractivity contribution < 1.29 is 4.79 Å². The second kappa shape index (κ2) is 4.66. The number of carbonyl (C=O) groups excluding carboxylic acids is 1. The molecule has 1 aliphatic rings. The molecule has 0 aliphatic carbocycles. The largest absolute Gasteiger partial charge is 0.341 e. The predicted octanol–water partition coefficient (Wildman–Crippen LogP) is 1.35. The van der Waals surface area contributed by atoms with Crippen LogP contribution in [0.15, 0.2) is 30.3 Å². The summed E-state index contributed by atoms with van der Waals surface area (Å²) in [6, 6.07) is 9.99. The summed E-state index contributed by atoms with van der Waals surface area (Å²) in [5, 5.41) is 0. The first-order valence-corrected chi connectivity index (χ1v) is 5.78. The molecule has 2 atom stereocenters. The van der Waals surface area contributed by atoms with Crippen LogP contribution in [0, 0.1) is 0 Å². The summed E-state index contributed by atoms with van der Waals surface area (Å²) in [4.78, 5) is 13.6. The Morgan fingerprint density at radius 1 is 1.44 bits per heavy atom. The molecule has 2 rings (SSSR count). The summed E-state index contributed by atoms with van der Waals surface area (Å²) in [6.45, 7) is 3.39. The molecule has 16 heavy (non-hydrogen) atoms. The summed E-state index contributed by atoms with van der Waals surface area (Å²) in [5.41, 5.74) is 6.93. The van der Waals surface area contributed by atoms with E-state index < -0.39 is 0 Å². The Morgan fingerprint density at radius 3 is 2.75 bits per heavy atom. The lowest BCUT2D eigenvalue weighted by molar-refractivity contribution is -0.131. The Hall–Kier alpha value is -1.35. The van der Waals surface area contributed by atoms with Gasteiger partial charge in [0, 0.05) is 19.0 Å². The molecule has 1 fully saturated rings. The first-order chi connectivity index (χ1) is 7.68. The molecule has 0 spiro atoms. The van der Waals surface area contributed by atoms with E-state index in [1.54, 1.807) is 6.92 Å². The van der Waals surface area contributed by atoms with E-state index in [1.165, 1.54) is 5.56 Å². The van der Waals surface area contributed by atoms with E-state index in [-0.39, 0.29) is 11.9 Å². The minimum atomic E-state index is -0.380. The number of carbonyl (C=O) groups is 1. The molecule has 0 saturated carbocycles. The third kappa shape index (κ3) is 2.25. The van der Waals surface area contributed by atoms with Crippen molar-refractivity contribution in [2.24, 2.45) is 5.73 Å². The minimum Gasteiger partial charge on any atom is -0.341 e. The van der Waals surface area contributed by atoms with Crippen molar-refractivity contribution in [1.82, 2.24) is 4.90 Å². The summed E-state index contributed by atoms with van der Waals surface area (Å²) in [5.74, 6) is 0.544. The predicted molar refractivity (Wildman–Crippen MR) is 64.0 cm³/mol. The quantitative estimate of drug-likeness (QED) is 0.814. The van der Waals surface area contributed by atoms with Gasteiger partial charge in [-0.1, -0.05) is 30.3 Å². The zero-order chi connectivity index (χ0) is 11.5. The molecular weight excluding hydrogens is 200 g/mol. The molecule has 3 heteroatoms. The number of benzene rings is 1. The van der Waals surface area contributed by atoms with Gasteiger partial charge in [0.05, 0.1) is 6.04 Å². The molecule has 1 aliphatic heterocycles. The fourth-order valence-electron chi connectivity index (χ4n) is 2.25.